The van der Waals surface area contributed by atoms with E-state index in [1.54, 1.807) is 7.11 Å². The maximum atomic E-state index is 10.6. The zero-order valence-corrected chi connectivity index (χ0v) is 22.3. The van der Waals surface area contributed by atoms with Gasteiger partial charge in [-0.1, -0.05) is 12.1 Å². The van der Waals surface area contributed by atoms with Crippen molar-refractivity contribution in [2.24, 2.45) is 4.99 Å². The Morgan fingerprint density at radius 1 is 1.19 bits per heavy atom. The molecule has 0 bridgehead atoms. The quantitative estimate of drug-likeness (QED) is 0.222. The number of ether oxygens (including phenoxy) is 2. The van der Waals surface area contributed by atoms with E-state index in [9.17, 15) is 5.11 Å². The van der Waals surface area contributed by atoms with Gasteiger partial charge in [-0.3, -0.25) is 4.68 Å². The normalized spacial score (nSPS) is 12.4. The average Bonchev–Trinajstić information content (AvgIpc) is 3.01. The Hall–Kier alpha value is -1.85. The van der Waals surface area contributed by atoms with Crippen molar-refractivity contribution in [3.63, 3.8) is 0 Å². The lowest BCUT2D eigenvalue weighted by molar-refractivity contribution is 0.180. The highest BCUT2D eigenvalue weighted by Crippen LogP contribution is 2.18. The van der Waals surface area contributed by atoms with Gasteiger partial charge in [0, 0.05) is 31.5 Å². The van der Waals surface area contributed by atoms with E-state index in [2.05, 4.69) is 22.7 Å². The van der Waals surface area contributed by atoms with E-state index < -0.39 is 6.10 Å². The Labute approximate surface area is 208 Å². The highest BCUT2D eigenvalue weighted by atomic mass is 127. The number of nitrogens with one attached hydrogen (secondary N) is 2. The number of methoxy groups -OCH3 is 1. The molecule has 1 unspecified atom stereocenters. The Morgan fingerprint density at radius 2 is 1.88 bits per heavy atom. The van der Waals surface area contributed by atoms with Crippen molar-refractivity contribution < 1.29 is 14.6 Å². The summed E-state index contributed by atoms with van der Waals surface area (Å²) < 4.78 is 12.8. The summed E-state index contributed by atoms with van der Waals surface area (Å²) in [6.45, 7) is 13.0. The van der Waals surface area contributed by atoms with E-state index >= 15 is 0 Å². The molecule has 0 saturated heterocycles. The van der Waals surface area contributed by atoms with Crippen molar-refractivity contribution in [2.45, 2.75) is 59.9 Å². The Kier molecular flexibility index (Phi) is 12.6. The molecule has 8 nitrogen and oxygen atoms in total. The number of hydrogen-bond donors (Lipinski definition) is 3. The fourth-order valence-corrected chi connectivity index (χ4v) is 3.21. The smallest absolute Gasteiger partial charge is 0.191 e. The van der Waals surface area contributed by atoms with Crippen LogP contribution in [0, 0.1) is 13.8 Å². The summed E-state index contributed by atoms with van der Waals surface area (Å²) in [4.78, 5) is 4.69. The Morgan fingerprint density at radius 3 is 2.47 bits per heavy atom. The van der Waals surface area contributed by atoms with E-state index in [0.29, 0.717) is 25.7 Å². The Bertz CT molecular complexity index is 837. The van der Waals surface area contributed by atoms with Crippen molar-refractivity contribution in [3.8, 4) is 5.75 Å². The monoisotopic (exact) mass is 559 g/mol. The molecule has 2 aromatic rings. The van der Waals surface area contributed by atoms with E-state index in [-0.39, 0.29) is 30.1 Å². The first-order chi connectivity index (χ1) is 14.8. The van der Waals surface area contributed by atoms with Gasteiger partial charge in [0.1, 0.15) is 5.75 Å². The van der Waals surface area contributed by atoms with Crippen molar-refractivity contribution in [1.29, 1.82) is 0 Å². The van der Waals surface area contributed by atoms with Crippen LogP contribution < -0.4 is 15.4 Å². The Balaban J connectivity index is 0.00000512. The van der Waals surface area contributed by atoms with Gasteiger partial charge >= 0.3 is 0 Å². The molecule has 9 heteroatoms. The SMILES string of the molecule is CCNC(=NCc1c(C)nn(CCOC)c1C)NCC(O)c1ccc(OC(C)C)cc1.I. The molecule has 0 aliphatic rings. The van der Waals surface area contributed by atoms with Gasteiger partial charge in [-0.15, -0.1) is 24.0 Å². The van der Waals surface area contributed by atoms with Crippen LogP contribution in [0.5, 0.6) is 5.75 Å². The second kappa shape index (κ2) is 14.3. The van der Waals surface area contributed by atoms with Crippen LogP contribution >= 0.6 is 24.0 Å². The number of nitrogens with zero attached hydrogens (tertiary/aromatic N) is 3. The molecule has 2 rings (SSSR count). The van der Waals surface area contributed by atoms with Gasteiger partial charge in [-0.05, 0) is 52.3 Å². The van der Waals surface area contributed by atoms with Crippen LogP contribution in [0.3, 0.4) is 0 Å². The molecule has 32 heavy (non-hydrogen) atoms. The lowest BCUT2D eigenvalue weighted by Gasteiger charge is -2.16. The lowest BCUT2D eigenvalue weighted by atomic mass is 10.1. The fraction of sp³-hybridized carbons (Fsp3) is 0.565. The van der Waals surface area contributed by atoms with Gasteiger partial charge in [0.2, 0.25) is 0 Å². The maximum Gasteiger partial charge on any atom is 0.191 e. The highest BCUT2D eigenvalue weighted by Gasteiger charge is 2.12. The molecule has 0 spiro atoms. The summed E-state index contributed by atoms with van der Waals surface area (Å²) in [7, 11) is 1.69. The predicted molar refractivity (Wildman–Crippen MR) is 139 cm³/mol. The van der Waals surface area contributed by atoms with Gasteiger partial charge in [0.15, 0.2) is 5.96 Å². The molecular formula is C23H38IN5O3. The van der Waals surface area contributed by atoms with E-state index in [0.717, 1.165) is 41.4 Å². The summed E-state index contributed by atoms with van der Waals surface area (Å²) in [5, 5.41) is 21.6. The van der Waals surface area contributed by atoms with Gasteiger partial charge < -0.3 is 25.2 Å². The van der Waals surface area contributed by atoms with Crippen molar-refractivity contribution >= 4 is 29.9 Å². The summed E-state index contributed by atoms with van der Waals surface area (Å²) in [6, 6.07) is 7.53. The third-order valence-electron chi connectivity index (χ3n) is 4.88. The number of halogens is 1. The summed E-state index contributed by atoms with van der Waals surface area (Å²) >= 11 is 0. The molecule has 180 valence electrons. The number of aliphatic imine (C=N–C) groups is 1. The fourth-order valence-electron chi connectivity index (χ4n) is 3.21. The molecule has 3 N–H and O–H groups in total. The van der Waals surface area contributed by atoms with Gasteiger partial charge in [0.05, 0.1) is 37.6 Å². The van der Waals surface area contributed by atoms with Crippen molar-refractivity contribution in [3.05, 3.63) is 46.8 Å². The molecule has 1 atom stereocenters. The number of aromatic nitrogens is 2. The van der Waals surface area contributed by atoms with Crippen LogP contribution in [0.25, 0.3) is 0 Å². The van der Waals surface area contributed by atoms with E-state index in [1.807, 2.05) is 56.6 Å². The average molecular weight is 559 g/mol. The molecule has 0 aliphatic carbocycles. The van der Waals surface area contributed by atoms with Crippen LogP contribution in [-0.4, -0.2) is 53.8 Å². The first-order valence-electron chi connectivity index (χ1n) is 10.8. The zero-order chi connectivity index (χ0) is 22.8. The second-order valence-electron chi connectivity index (χ2n) is 7.69. The van der Waals surface area contributed by atoms with Crippen molar-refractivity contribution in [2.75, 3.05) is 26.8 Å². The number of guanidine groups is 1. The van der Waals surface area contributed by atoms with Crippen LogP contribution in [0.15, 0.2) is 29.3 Å². The number of rotatable bonds is 11. The lowest BCUT2D eigenvalue weighted by Crippen LogP contribution is -2.39. The highest BCUT2D eigenvalue weighted by molar-refractivity contribution is 14.0. The molecule has 0 radical (unpaired) electrons. The van der Waals surface area contributed by atoms with Crippen LogP contribution in [0.1, 0.15) is 49.4 Å². The van der Waals surface area contributed by atoms with E-state index in [1.165, 1.54) is 0 Å². The first kappa shape index (κ1) is 28.2. The maximum absolute atomic E-state index is 10.6. The second-order valence-corrected chi connectivity index (χ2v) is 7.69. The summed E-state index contributed by atoms with van der Waals surface area (Å²) in [5.74, 6) is 1.45. The molecule has 1 aromatic carbocycles. The third-order valence-corrected chi connectivity index (χ3v) is 4.88. The van der Waals surface area contributed by atoms with Crippen LogP contribution in [0.2, 0.25) is 0 Å². The number of hydrogen-bond acceptors (Lipinski definition) is 5. The van der Waals surface area contributed by atoms with Gasteiger partial charge in [-0.2, -0.15) is 5.10 Å². The number of aliphatic hydroxyl groups is 1. The molecule has 0 aliphatic heterocycles. The number of aryl methyl sites for hydroxylation is 1. The third kappa shape index (κ3) is 8.59. The zero-order valence-electron chi connectivity index (χ0n) is 20.0. The van der Waals surface area contributed by atoms with Gasteiger partial charge in [0.25, 0.3) is 0 Å². The molecular weight excluding hydrogens is 521 g/mol. The minimum atomic E-state index is -0.655. The van der Waals surface area contributed by atoms with Crippen LogP contribution in [-0.2, 0) is 17.8 Å². The summed E-state index contributed by atoms with van der Waals surface area (Å²) in [6.07, 6.45) is -0.534. The van der Waals surface area contributed by atoms with Crippen LogP contribution in [0.4, 0.5) is 0 Å². The number of aliphatic hydroxyl groups excluding tert-OH is 1. The summed E-state index contributed by atoms with van der Waals surface area (Å²) in [5.41, 5.74) is 4.00. The largest absolute Gasteiger partial charge is 0.491 e. The molecule has 0 saturated carbocycles. The molecule has 1 heterocycles. The minimum absolute atomic E-state index is 0. The first-order valence-corrected chi connectivity index (χ1v) is 10.8. The van der Waals surface area contributed by atoms with E-state index in [4.69, 9.17) is 14.5 Å². The molecule has 1 aromatic heterocycles. The number of benzene rings is 1. The molecule has 0 fully saturated rings. The molecule has 0 amide bonds. The van der Waals surface area contributed by atoms with Gasteiger partial charge in [-0.25, -0.2) is 4.99 Å². The minimum Gasteiger partial charge on any atom is -0.491 e. The topological polar surface area (TPSA) is 92.9 Å². The standard InChI is InChI=1S/C23H37N5O3.HI/c1-7-24-23(25-14-21-17(4)27-28(18(21)5)12-13-30-6)26-15-22(29)19-8-10-20(11-9-19)31-16(2)3;/h8-11,16,22,29H,7,12-15H2,1-6H3,(H2,24,25,26);1H. The van der Waals surface area contributed by atoms with Crippen molar-refractivity contribution in [1.82, 2.24) is 20.4 Å². The predicted octanol–water partition coefficient (Wildman–Crippen LogP) is 3.34.